The third-order valence-corrected chi connectivity index (χ3v) is 2.06. The average Bonchev–Trinajstić information content (AvgIpc) is 2.65. The molecule has 4 heteroatoms. The lowest BCUT2D eigenvalue weighted by atomic mass is 10.1. The number of halogens is 1. The van der Waals surface area contributed by atoms with E-state index in [-0.39, 0.29) is 0 Å². The normalized spacial score (nSPS) is 10.1. The number of aromatic nitrogens is 1. The minimum absolute atomic E-state index is 0.423. The number of rotatable bonds is 2. The number of carbonyl (C=O) groups excluding carboxylic acids is 1. The van der Waals surface area contributed by atoms with E-state index < -0.39 is 0 Å². The first-order chi connectivity index (χ1) is 6.81. The van der Waals surface area contributed by atoms with Crippen LogP contribution < -0.4 is 0 Å². The molecule has 0 aliphatic rings. The zero-order valence-corrected chi connectivity index (χ0v) is 7.86. The predicted octanol–water partition coefficient (Wildman–Crippen LogP) is 2.81. The van der Waals surface area contributed by atoms with Crippen molar-refractivity contribution in [2.45, 2.75) is 0 Å². The van der Waals surface area contributed by atoms with Gasteiger partial charge in [-0.05, 0) is 12.1 Å². The molecule has 0 unspecified atom stereocenters. The fourth-order valence-corrected chi connectivity index (χ4v) is 1.37. The van der Waals surface area contributed by atoms with Crippen molar-refractivity contribution in [1.29, 1.82) is 0 Å². The SMILES string of the molecule is O=Cc1conc1-c1cccc(Cl)c1. The fourth-order valence-electron chi connectivity index (χ4n) is 1.18. The lowest BCUT2D eigenvalue weighted by molar-refractivity contribution is 0.112. The van der Waals surface area contributed by atoms with E-state index in [1.165, 1.54) is 6.26 Å². The van der Waals surface area contributed by atoms with Crippen LogP contribution in [-0.4, -0.2) is 11.4 Å². The number of nitrogens with zero attached hydrogens (tertiary/aromatic N) is 1. The average molecular weight is 208 g/mol. The van der Waals surface area contributed by atoms with Crippen LogP contribution in [0.4, 0.5) is 0 Å². The van der Waals surface area contributed by atoms with Crippen molar-refractivity contribution in [2.24, 2.45) is 0 Å². The van der Waals surface area contributed by atoms with Crippen LogP contribution in [0.3, 0.4) is 0 Å². The summed E-state index contributed by atoms with van der Waals surface area (Å²) < 4.78 is 4.71. The zero-order valence-electron chi connectivity index (χ0n) is 7.11. The summed E-state index contributed by atoms with van der Waals surface area (Å²) in [5.74, 6) is 0. The summed E-state index contributed by atoms with van der Waals surface area (Å²) in [7, 11) is 0. The maximum atomic E-state index is 10.6. The Morgan fingerprint density at radius 3 is 3.00 bits per heavy atom. The number of hydrogen-bond donors (Lipinski definition) is 0. The lowest BCUT2D eigenvalue weighted by Crippen LogP contribution is -1.83. The Morgan fingerprint density at radius 1 is 1.43 bits per heavy atom. The summed E-state index contributed by atoms with van der Waals surface area (Å²) in [5.41, 5.74) is 1.71. The van der Waals surface area contributed by atoms with Crippen LogP contribution in [0.5, 0.6) is 0 Å². The number of aldehydes is 1. The molecular formula is C10H6ClNO2. The van der Waals surface area contributed by atoms with E-state index in [2.05, 4.69) is 5.16 Å². The Bertz CT molecular complexity index is 465. The molecule has 3 nitrogen and oxygen atoms in total. The molecule has 14 heavy (non-hydrogen) atoms. The summed E-state index contributed by atoms with van der Waals surface area (Å²) in [4.78, 5) is 10.6. The lowest BCUT2D eigenvalue weighted by Gasteiger charge is -1.96. The second-order valence-electron chi connectivity index (χ2n) is 2.75. The molecule has 2 aromatic rings. The van der Waals surface area contributed by atoms with Crippen LogP contribution in [0.2, 0.25) is 5.02 Å². The highest BCUT2D eigenvalue weighted by molar-refractivity contribution is 6.30. The first kappa shape index (κ1) is 8.97. The molecule has 0 saturated carbocycles. The minimum Gasteiger partial charge on any atom is -0.363 e. The van der Waals surface area contributed by atoms with Gasteiger partial charge in [0, 0.05) is 10.6 Å². The quantitative estimate of drug-likeness (QED) is 0.712. The van der Waals surface area contributed by atoms with E-state index in [1.807, 2.05) is 6.07 Å². The standard InChI is InChI=1S/C10H6ClNO2/c11-9-3-1-2-7(4-9)10-8(5-13)6-14-12-10/h1-6H. The summed E-state index contributed by atoms with van der Waals surface area (Å²) in [5, 5.41) is 4.33. The highest BCUT2D eigenvalue weighted by Crippen LogP contribution is 2.23. The van der Waals surface area contributed by atoms with Gasteiger partial charge in [-0.3, -0.25) is 4.79 Å². The van der Waals surface area contributed by atoms with Gasteiger partial charge in [0.1, 0.15) is 12.0 Å². The number of hydrogen-bond acceptors (Lipinski definition) is 3. The molecule has 0 bridgehead atoms. The Morgan fingerprint density at radius 2 is 2.29 bits per heavy atom. The van der Waals surface area contributed by atoms with Crippen molar-refractivity contribution in [2.75, 3.05) is 0 Å². The van der Waals surface area contributed by atoms with E-state index in [9.17, 15) is 4.79 Å². The van der Waals surface area contributed by atoms with E-state index in [0.717, 1.165) is 5.56 Å². The van der Waals surface area contributed by atoms with Crippen molar-refractivity contribution < 1.29 is 9.32 Å². The number of benzene rings is 1. The van der Waals surface area contributed by atoms with Crippen molar-refractivity contribution in [3.05, 3.63) is 41.1 Å². The highest BCUT2D eigenvalue weighted by atomic mass is 35.5. The van der Waals surface area contributed by atoms with Crippen molar-refractivity contribution in [3.8, 4) is 11.3 Å². The Labute approximate surface area is 85.3 Å². The van der Waals surface area contributed by atoms with Gasteiger partial charge < -0.3 is 4.52 Å². The monoisotopic (exact) mass is 207 g/mol. The highest BCUT2D eigenvalue weighted by Gasteiger charge is 2.08. The Kier molecular flexibility index (Phi) is 2.33. The van der Waals surface area contributed by atoms with Crippen LogP contribution in [0, 0.1) is 0 Å². The van der Waals surface area contributed by atoms with Crippen LogP contribution in [0.1, 0.15) is 10.4 Å². The van der Waals surface area contributed by atoms with Gasteiger partial charge in [-0.15, -0.1) is 0 Å². The van der Waals surface area contributed by atoms with Crippen LogP contribution in [0.25, 0.3) is 11.3 Å². The Balaban J connectivity index is 2.54. The third kappa shape index (κ3) is 1.54. The molecule has 1 aromatic heterocycles. The number of carbonyl (C=O) groups is 1. The molecule has 0 aliphatic carbocycles. The van der Waals surface area contributed by atoms with Gasteiger partial charge in [-0.1, -0.05) is 28.9 Å². The molecule has 0 fully saturated rings. The van der Waals surface area contributed by atoms with E-state index in [4.69, 9.17) is 16.1 Å². The molecule has 0 N–H and O–H groups in total. The van der Waals surface area contributed by atoms with E-state index in [0.29, 0.717) is 22.6 Å². The molecule has 1 aromatic carbocycles. The van der Waals surface area contributed by atoms with Gasteiger partial charge in [0.2, 0.25) is 0 Å². The van der Waals surface area contributed by atoms with Gasteiger partial charge in [-0.25, -0.2) is 0 Å². The van der Waals surface area contributed by atoms with Gasteiger partial charge in [0.05, 0.1) is 5.56 Å². The van der Waals surface area contributed by atoms with Crippen LogP contribution >= 0.6 is 11.6 Å². The third-order valence-electron chi connectivity index (χ3n) is 1.82. The maximum absolute atomic E-state index is 10.6. The first-order valence-corrected chi connectivity index (χ1v) is 4.34. The van der Waals surface area contributed by atoms with Crippen LogP contribution in [0.15, 0.2) is 35.1 Å². The van der Waals surface area contributed by atoms with E-state index in [1.54, 1.807) is 18.2 Å². The summed E-state index contributed by atoms with van der Waals surface area (Å²) in [6.07, 6.45) is 2.01. The summed E-state index contributed by atoms with van der Waals surface area (Å²) >= 11 is 5.81. The summed E-state index contributed by atoms with van der Waals surface area (Å²) in [6, 6.07) is 7.09. The molecule has 2 rings (SSSR count). The minimum atomic E-state index is 0.423. The fraction of sp³-hybridized carbons (Fsp3) is 0. The summed E-state index contributed by atoms with van der Waals surface area (Å²) in [6.45, 7) is 0. The molecular weight excluding hydrogens is 202 g/mol. The molecule has 0 aliphatic heterocycles. The smallest absolute Gasteiger partial charge is 0.155 e. The van der Waals surface area contributed by atoms with Crippen molar-refractivity contribution in [3.63, 3.8) is 0 Å². The first-order valence-electron chi connectivity index (χ1n) is 3.97. The van der Waals surface area contributed by atoms with Gasteiger partial charge in [-0.2, -0.15) is 0 Å². The largest absolute Gasteiger partial charge is 0.363 e. The van der Waals surface area contributed by atoms with Crippen LogP contribution in [-0.2, 0) is 0 Å². The molecule has 1 heterocycles. The van der Waals surface area contributed by atoms with Gasteiger partial charge in [0.25, 0.3) is 0 Å². The predicted molar refractivity (Wildman–Crippen MR) is 52.3 cm³/mol. The molecule has 0 saturated heterocycles. The molecule has 0 spiro atoms. The topological polar surface area (TPSA) is 43.1 Å². The maximum Gasteiger partial charge on any atom is 0.155 e. The Hall–Kier alpha value is -1.61. The van der Waals surface area contributed by atoms with Gasteiger partial charge in [0.15, 0.2) is 6.29 Å². The van der Waals surface area contributed by atoms with Crippen molar-refractivity contribution >= 4 is 17.9 Å². The second kappa shape index (κ2) is 3.64. The molecule has 70 valence electrons. The zero-order chi connectivity index (χ0) is 9.97. The molecule has 0 radical (unpaired) electrons. The van der Waals surface area contributed by atoms with Crippen molar-refractivity contribution in [1.82, 2.24) is 5.16 Å². The molecule has 0 amide bonds. The second-order valence-corrected chi connectivity index (χ2v) is 3.18. The van der Waals surface area contributed by atoms with Gasteiger partial charge >= 0.3 is 0 Å². The van der Waals surface area contributed by atoms with E-state index >= 15 is 0 Å². The molecule has 0 atom stereocenters.